The molecule has 0 spiro atoms. The van der Waals surface area contributed by atoms with Crippen LogP contribution in [0.3, 0.4) is 0 Å². The van der Waals surface area contributed by atoms with E-state index in [1.165, 1.54) is 4.68 Å². The summed E-state index contributed by atoms with van der Waals surface area (Å²) in [5.74, 6) is 0.211. The van der Waals surface area contributed by atoms with E-state index in [1.54, 1.807) is 18.3 Å². The number of nitrogens with two attached hydrogens (primary N) is 1. The number of primary amides is 1. The van der Waals surface area contributed by atoms with Gasteiger partial charge in [0.25, 0.3) is 5.56 Å². The number of carbonyl (C=O) groups excluding carboxylic acids is 1. The van der Waals surface area contributed by atoms with Gasteiger partial charge in [-0.1, -0.05) is 6.92 Å². The van der Waals surface area contributed by atoms with Crippen molar-refractivity contribution in [1.82, 2.24) is 14.2 Å². The number of hydrogen-bond donors (Lipinski definition) is 1. The highest BCUT2D eigenvalue weighted by Crippen LogP contribution is 2.25. The van der Waals surface area contributed by atoms with Crippen LogP contribution in [-0.4, -0.2) is 20.1 Å². The van der Waals surface area contributed by atoms with E-state index in [2.05, 4.69) is 12.0 Å². The Labute approximate surface area is 124 Å². The van der Waals surface area contributed by atoms with E-state index in [-0.39, 0.29) is 5.56 Å². The van der Waals surface area contributed by atoms with Crippen molar-refractivity contribution >= 4 is 33.0 Å². The van der Waals surface area contributed by atoms with Gasteiger partial charge in [0.15, 0.2) is 0 Å². The number of nitrogens with zero attached hydrogens (tertiary/aromatic N) is 3. The van der Waals surface area contributed by atoms with Crippen LogP contribution in [0, 0.1) is 0 Å². The first kappa shape index (κ1) is 13.8. The van der Waals surface area contributed by atoms with Crippen molar-refractivity contribution in [3.8, 4) is 0 Å². The third-order valence-corrected chi connectivity index (χ3v) is 4.48. The summed E-state index contributed by atoms with van der Waals surface area (Å²) in [7, 11) is 0. The van der Waals surface area contributed by atoms with E-state index < -0.39 is 11.9 Å². The average molecular weight is 304 g/mol. The summed E-state index contributed by atoms with van der Waals surface area (Å²) in [5.41, 5.74) is 5.57. The van der Waals surface area contributed by atoms with Crippen LogP contribution >= 0.6 is 11.3 Å². The van der Waals surface area contributed by atoms with Crippen LogP contribution in [0.2, 0.25) is 0 Å². The van der Waals surface area contributed by atoms with Crippen LogP contribution < -0.4 is 11.3 Å². The van der Waals surface area contributed by atoms with Crippen molar-refractivity contribution in [2.45, 2.75) is 32.7 Å². The predicted molar refractivity (Wildman–Crippen MR) is 82.7 cm³/mol. The Morgan fingerprint density at radius 3 is 2.95 bits per heavy atom. The van der Waals surface area contributed by atoms with Gasteiger partial charge in [0.1, 0.15) is 22.2 Å². The fourth-order valence-electron chi connectivity index (χ4n) is 2.44. The standard InChI is InChI=1S/C14H16N4O2S/c1-3-4-11-16-18(8(2)12(15)19)13(20)10-7-9-5-6-21-14(9)17(10)11/h5-8H,3-4H2,1-2H3,(H2,15,19). The zero-order chi connectivity index (χ0) is 15.1. The van der Waals surface area contributed by atoms with E-state index in [0.29, 0.717) is 5.52 Å². The number of thiophene rings is 1. The molecule has 110 valence electrons. The van der Waals surface area contributed by atoms with Gasteiger partial charge in [0, 0.05) is 11.8 Å². The maximum atomic E-state index is 12.6. The molecule has 0 aliphatic carbocycles. The van der Waals surface area contributed by atoms with Crippen LogP contribution in [0.15, 0.2) is 22.3 Å². The molecule has 6 nitrogen and oxygen atoms in total. The van der Waals surface area contributed by atoms with Gasteiger partial charge in [-0.3, -0.25) is 14.0 Å². The number of aromatic nitrogens is 3. The average Bonchev–Trinajstić information content (AvgIpc) is 3.01. The minimum Gasteiger partial charge on any atom is -0.368 e. The predicted octanol–water partition coefficient (Wildman–Crippen LogP) is 1.71. The van der Waals surface area contributed by atoms with Crippen molar-refractivity contribution in [3.05, 3.63) is 33.7 Å². The van der Waals surface area contributed by atoms with E-state index in [0.717, 1.165) is 28.9 Å². The molecule has 0 bridgehead atoms. The summed E-state index contributed by atoms with van der Waals surface area (Å²) in [5, 5.41) is 7.39. The highest BCUT2D eigenvalue weighted by atomic mass is 32.1. The number of fused-ring (bicyclic) bond motifs is 3. The second-order valence-corrected chi connectivity index (χ2v) is 5.93. The van der Waals surface area contributed by atoms with E-state index in [4.69, 9.17) is 5.73 Å². The molecular weight excluding hydrogens is 288 g/mol. The van der Waals surface area contributed by atoms with E-state index in [9.17, 15) is 9.59 Å². The van der Waals surface area contributed by atoms with Gasteiger partial charge in [-0.2, -0.15) is 5.10 Å². The molecule has 7 heteroatoms. The highest BCUT2D eigenvalue weighted by molar-refractivity contribution is 7.16. The molecule has 0 saturated carbocycles. The van der Waals surface area contributed by atoms with Gasteiger partial charge < -0.3 is 5.73 Å². The molecule has 21 heavy (non-hydrogen) atoms. The minimum absolute atomic E-state index is 0.287. The first-order valence-corrected chi connectivity index (χ1v) is 7.72. The Morgan fingerprint density at radius 1 is 1.52 bits per heavy atom. The molecule has 0 aliphatic rings. The molecule has 1 unspecified atom stereocenters. The van der Waals surface area contributed by atoms with Crippen molar-refractivity contribution in [2.75, 3.05) is 0 Å². The van der Waals surface area contributed by atoms with Gasteiger partial charge in [0.2, 0.25) is 5.91 Å². The fraction of sp³-hybridized carbons (Fsp3) is 0.357. The number of amides is 1. The van der Waals surface area contributed by atoms with Gasteiger partial charge in [-0.15, -0.1) is 11.3 Å². The molecule has 1 atom stereocenters. The molecule has 0 radical (unpaired) electrons. The smallest absolute Gasteiger partial charge is 0.291 e. The maximum Gasteiger partial charge on any atom is 0.291 e. The number of aryl methyl sites for hydroxylation is 1. The number of carbonyl (C=O) groups is 1. The lowest BCUT2D eigenvalue weighted by Gasteiger charge is -2.13. The normalized spacial score (nSPS) is 13.0. The third-order valence-electron chi connectivity index (χ3n) is 3.57. The molecule has 2 N–H and O–H groups in total. The van der Waals surface area contributed by atoms with E-state index >= 15 is 0 Å². The molecule has 0 aliphatic heterocycles. The second kappa shape index (κ2) is 5.00. The molecule has 3 aromatic heterocycles. The highest BCUT2D eigenvalue weighted by Gasteiger charge is 2.20. The SMILES string of the molecule is CCCc1nn(C(C)C(N)=O)c(=O)c2cc3ccsc3n12. The Morgan fingerprint density at radius 2 is 2.29 bits per heavy atom. The van der Waals surface area contributed by atoms with Gasteiger partial charge in [-0.05, 0) is 30.9 Å². The largest absolute Gasteiger partial charge is 0.368 e. The van der Waals surface area contributed by atoms with Gasteiger partial charge in [0.05, 0.1) is 0 Å². The molecule has 3 rings (SSSR count). The second-order valence-electron chi connectivity index (χ2n) is 5.04. The van der Waals surface area contributed by atoms with Gasteiger partial charge >= 0.3 is 0 Å². The summed E-state index contributed by atoms with van der Waals surface area (Å²) in [4.78, 5) is 25.0. The Kier molecular flexibility index (Phi) is 3.29. The first-order chi connectivity index (χ1) is 10.0. The summed E-state index contributed by atoms with van der Waals surface area (Å²) < 4.78 is 3.10. The molecular formula is C14H16N4O2S. The zero-order valence-electron chi connectivity index (χ0n) is 11.9. The summed E-state index contributed by atoms with van der Waals surface area (Å²) >= 11 is 1.58. The summed E-state index contributed by atoms with van der Waals surface area (Å²) in [6.45, 7) is 3.64. The quantitative estimate of drug-likeness (QED) is 0.796. The molecule has 0 saturated heterocycles. The number of rotatable bonds is 4. The van der Waals surface area contributed by atoms with Gasteiger partial charge in [-0.25, -0.2) is 4.68 Å². The summed E-state index contributed by atoms with van der Waals surface area (Å²) in [6, 6.07) is 3.06. The first-order valence-electron chi connectivity index (χ1n) is 6.84. The van der Waals surface area contributed by atoms with Crippen LogP contribution in [0.1, 0.15) is 32.1 Å². The lowest BCUT2D eigenvalue weighted by atomic mass is 10.3. The Hall–Kier alpha value is -2.15. The van der Waals surface area contributed by atoms with Crippen molar-refractivity contribution in [1.29, 1.82) is 0 Å². The molecule has 1 amide bonds. The third kappa shape index (κ3) is 2.04. The van der Waals surface area contributed by atoms with E-state index in [1.807, 2.05) is 21.9 Å². The fourth-order valence-corrected chi connectivity index (χ4v) is 3.35. The molecule has 0 fully saturated rings. The zero-order valence-corrected chi connectivity index (χ0v) is 12.7. The van der Waals surface area contributed by atoms with Crippen molar-refractivity contribution in [2.24, 2.45) is 5.73 Å². The van der Waals surface area contributed by atoms with Crippen LogP contribution in [0.5, 0.6) is 0 Å². The molecule has 3 aromatic rings. The Bertz CT molecular complexity index is 890. The lowest BCUT2D eigenvalue weighted by molar-refractivity contribution is -0.121. The van der Waals surface area contributed by atoms with Crippen LogP contribution in [0.25, 0.3) is 15.7 Å². The van der Waals surface area contributed by atoms with Crippen LogP contribution in [-0.2, 0) is 11.2 Å². The minimum atomic E-state index is -0.758. The maximum absolute atomic E-state index is 12.6. The monoisotopic (exact) mass is 304 g/mol. The topological polar surface area (TPSA) is 82.4 Å². The molecule has 3 heterocycles. The lowest BCUT2D eigenvalue weighted by Crippen LogP contribution is -2.35. The Balaban J connectivity index is 2.40. The molecule has 0 aromatic carbocycles. The number of hydrogen-bond acceptors (Lipinski definition) is 4. The summed E-state index contributed by atoms with van der Waals surface area (Å²) in [6.07, 6.45) is 1.63. The van der Waals surface area contributed by atoms with Crippen LogP contribution in [0.4, 0.5) is 0 Å². The van der Waals surface area contributed by atoms with Crippen molar-refractivity contribution in [3.63, 3.8) is 0 Å². The van der Waals surface area contributed by atoms with Crippen molar-refractivity contribution < 1.29 is 4.79 Å².